The minimum absolute atomic E-state index is 0.0648. The first-order valence-corrected chi connectivity index (χ1v) is 13.6. The van der Waals surface area contributed by atoms with E-state index in [-0.39, 0.29) is 16.9 Å². The SMILES string of the molecule is CCn1c(CCC(=O)N(Cc2ccccc2)CC2CCCO2)nc2cc(S(=O)(=O)N(C)C)ccc21. The summed E-state index contributed by atoms with van der Waals surface area (Å²) in [6.45, 7) is 4.60. The summed E-state index contributed by atoms with van der Waals surface area (Å²) in [6.07, 6.45) is 2.89. The van der Waals surface area contributed by atoms with Crippen LogP contribution in [-0.2, 0) is 39.1 Å². The summed E-state index contributed by atoms with van der Waals surface area (Å²) in [4.78, 5) is 20.2. The topological polar surface area (TPSA) is 84.7 Å². The van der Waals surface area contributed by atoms with Crippen LogP contribution < -0.4 is 0 Å². The van der Waals surface area contributed by atoms with Crippen molar-refractivity contribution in [3.8, 4) is 0 Å². The highest BCUT2D eigenvalue weighted by molar-refractivity contribution is 7.89. The summed E-state index contributed by atoms with van der Waals surface area (Å²) >= 11 is 0. The smallest absolute Gasteiger partial charge is 0.242 e. The maximum absolute atomic E-state index is 13.3. The van der Waals surface area contributed by atoms with E-state index in [0.717, 1.165) is 36.4 Å². The second-order valence-electron chi connectivity index (χ2n) is 9.11. The largest absolute Gasteiger partial charge is 0.376 e. The molecule has 1 saturated heterocycles. The fraction of sp³-hybridized carbons (Fsp3) is 0.462. The third-order valence-electron chi connectivity index (χ3n) is 6.47. The molecule has 8 nitrogen and oxygen atoms in total. The van der Waals surface area contributed by atoms with Gasteiger partial charge in [-0.25, -0.2) is 17.7 Å². The fourth-order valence-electron chi connectivity index (χ4n) is 4.54. The molecule has 0 spiro atoms. The van der Waals surface area contributed by atoms with E-state index in [9.17, 15) is 13.2 Å². The van der Waals surface area contributed by atoms with Crippen LogP contribution in [0.1, 0.15) is 37.6 Å². The van der Waals surface area contributed by atoms with E-state index in [1.165, 1.54) is 18.4 Å². The maximum Gasteiger partial charge on any atom is 0.242 e. The molecule has 3 aromatic rings. The third-order valence-corrected chi connectivity index (χ3v) is 8.28. The van der Waals surface area contributed by atoms with E-state index < -0.39 is 10.0 Å². The van der Waals surface area contributed by atoms with Crippen molar-refractivity contribution < 1.29 is 17.9 Å². The monoisotopic (exact) mass is 498 g/mol. The van der Waals surface area contributed by atoms with Gasteiger partial charge in [0.15, 0.2) is 0 Å². The van der Waals surface area contributed by atoms with E-state index in [0.29, 0.717) is 38.0 Å². The number of carbonyl (C=O) groups is 1. The number of sulfonamides is 1. The average molecular weight is 499 g/mol. The highest BCUT2D eigenvalue weighted by atomic mass is 32.2. The van der Waals surface area contributed by atoms with Crippen molar-refractivity contribution in [1.29, 1.82) is 0 Å². The Labute approximate surface area is 207 Å². The van der Waals surface area contributed by atoms with Crippen molar-refractivity contribution in [2.24, 2.45) is 0 Å². The number of imidazole rings is 1. The molecule has 0 aliphatic carbocycles. The van der Waals surface area contributed by atoms with Crippen LogP contribution in [-0.4, -0.2) is 66.4 Å². The van der Waals surface area contributed by atoms with Gasteiger partial charge in [-0.05, 0) is 43.5 Å². The number of benzene rings is 2. The van der Waals surface area contributed by atoms with Crippen LogP contribution in [0.15, 0.2) is 53.4 Å². The number of nitrogens with zero attached hydrogens (tertiary/aromatic N) is 4. The number of fused-ring (bicyclic) bond motifs is 1. The van der Waals surface area contributed by atoms with Crippen LogP contribution in [0.2, 0.25) is 0 Å². The van der Waals surface area contributed by atoms with Crippen molar-refractivity contribution in [2.45, 2.75) is 56.7 Å². The van der Waals surface area contributed by atoms with Crippen LogP contribution in [0, 0.1) is 0 Å². The molecule has 1 fully saturated rings. The van der Waals surface area contributed by atoms with Crippen molar-refractivity contribution in [3.05, 3.63) is 59.9 Å². The predicted octanol–water partition coefficient (Wildman–Crippen LogP) is 3.45. The summed E-state index contributed by atoms with van der Waals surface area (Å²) in [7, 11) is -0.520. The van der Waals surface area contributed by atoms with Gasteiger partial charge in [-0.15, -0.1) is 0 Å². The Morgan fingerprint density at radius 3 is 2.60 bits per heavy atom. The molecule has 1 aliphatic rings. The zero-order valence-corrected chi connectivity index (χ0v) is 21.5. The molecule has 1 amide bonds. The lowest BCUT2D eigenvalue weighted by molar-refractivity contribution is -0.133. The van der Waals surface area contributed by atoms with Gasteiger partial charge >= 0.3 is 0 Å². The van der Waals surface area contributed by atoms with Crippen LogP contribution >= 0.6 is 0 Å². The molecule has 1 unspecified atom stereocenters. The Kier molecular flexibility index (Phi) is 7.88. The van der Waals surface area contributed by atoms with Gasteiger partial charge in [0.05, 0.1) is 22.0 Å². The van der Waals surface area contributed by atoms with Gasteiger partial charge < -0.3 is 14.2 Å². The molecule has 0 radical (unpaired) electrons. The number of amides is 1. The summed E-state index contributed by atoms with van der Waals surface area (Å²) in [5.41, 5.74) is 2.58. The highest BCUT2D eigenvalue weighted by Crippen LogP contribution is 2.23. The van der Waals surface area contributed by atoms with Gasteiger partial charge in [0, 0.05) is 53.2 Å². The summed E-state index contributed by atoms with van der Waals surface area (Å²) in [5, 5.41) is 0. The van der Waals surface area contributed by atoms with Gasteiger partial charge in [0.2, 0.25) is 15.9 Å². The minimum atomic E-state index is -3.55. The van der Waals surface area contributed by atoms with E-state index in [4.69, 9.17) is 9.72 Å². The highest BCUT2D eigenvalue weighted by Gasteiger charge is 2.24. The lowest BCUT2D eigenvalue weighted by atomic mass is 10.1. The second-order valence-corrected chi connectivity index (χ2v) is 11.3. The normalized spacial score (nSPS) is 16.3. The van der Waals surface area contributed by atoms with Crippen molar-refractivity contribution >= 4 is 27.0 Å². The van der Waals surface area contributed by atoms with Crippen molar-refractivity contribution in [2.75, 3.05) is 27.2 Å². The number of carbonyl (C=O) groups excluding carboxylic acids is 1. The van der Waals surface area contributed by atoms with Gasteiger partial charge in [0.25, 0.3) is 0 Å². The molecule has 0 saturated carbocycles. The fourth-order valence-corrected chi connectivity index (χ4v) is 5.47. The molecule has 35 heavy (non-hydrogen) atoms. The number of hydrogen-bond acceptors (Lipinski definition) is 5. The van der Waals surface area contributed by atoms with Crippen molar-refractivity contribution in [3.63, 3.8) is 0 Å². The average Bonchev–Trinajstić information content (AvgIpc) is 3.49. The molecule has 0 N–H and O–H groups in total. The zero-order valence-electron chi connectivity index (χ0n) is 20.7. The van der Waals surface area contributed by atoms with Gasteiger partial charge in [0.1, 0.15) is 5.82 Å². The molecule has 188 valence electrons. The van der Waals surface area contributed by atoms with Crippen molar-refractivity contribution in [1.82, 2.24) is 18.8 Å². The van der Waals surface area contributed by atoms with E-state index in [1.807, 2.05) is 42.2 Å². The quantitative estimate of drug-likeness (QED) is 0.428. The van der Waals surface area contributed by atoms with Crippen LogP contribution in [0.25, 0.3) is 11.0 Å². The Balaban J connectivity index is 1.53. The molecule has 1 atom stereocenters. The van der Waals surface area contributed by atoms with Gasteiger partial charge in [-0.1, -0.05) is 30.3 Å². The Hall–Kier alpha value is -2.75. The lowest BCUT2D eigenvalue weighted by Crippen LogP contribution is -2.37. The molecule has 2 aromatic carbocycles. The molecule has 9 heteroatoms. The zero-order chi connectivity index (χ0) is 25.0. The first-order valence-electron chi connectivity index (χ1n) is 12.1. The Morgan fingerprint density at radius 2 is 1.94 bits per heavy atom. The number of rotatable bonds is 10. The minimum Gasteiger partial charge on any atom is -0.376 e. The first-order chi connectivity index (χ1) is 16.8. The first kappa shape index (κ1) is 25.3. The molecule has 1 aliphatic heterocycles. The van der Waals surface area contributed by atoms with Gasteiger partial charge in [-0.2, -0.15) is 0 Å². The number of ether oxygens (including phenoxy) is 1. The Morgan fingerprint density at radius 1 is 1.17 bits per heavy atom. The van der Waals surface area contributed by atoms with Crippen LogP contribution in [0.4, 0.5) is 0 Å². The molecule has 2 heterocycles. The number of hydrogen-bond donors (Lipinski definition) is 0. The number of aryl methyl sites for hydroxylation is 2. The van der Waals surface area contributed by atoms with E-state index in [2.05, 4.69) is 4.57 Å². The molecular formula is C26H34N4O4S. The molecular weight excluding hydrogens is 464 g/mol. The third kappa shape index (κ3) is 5.74. The van der Waals surface area contributed by atoms with Gasteiger partial charge in [-0.3, -0.25) is 4.79 Å². The standard InChI is InChI=1S/C26H34N4O4S/c1-4-30-24-13-12-22(35(32,33)28(2)3)17-23(24)27-25(30)14-15-26(31)29(19-21-11-8-16-34-21)18-20-9-6-5-7-10-20/h5-7,9-10,12-13,17,21H,4,8,11,14-16,18-19H2,1-3H3. The molecule has 4 rings (SSSR count). The van der Waals surface area contributed by atoms with Crippen LogP contribution in [0.3, 0.4) is 0 Å². The summed E-state index contributed by atoms with van der Waals surface area (Å²) in [6, 6.07) is 15.0. The second kappa shape index (κ2) is 10.9. The van der Waals surface area contributed by atoms with E-state index in [1.54, 1.807) is 18.2 Å². The molecule has 0 bridgehead atoms. The maximum atomic E-state index is 13.3. The summed E-state index contributed by atoms with van der Waals surface area (Å²) in [5.74, 6) is 0.849. The Bertz CT molecular complexity index is 1270. The predicted molar refractivity (Wildman–Crippen MR) is 135 cm³/mol. The summed E-state index contributed by atoms with van der Waals surface area (Å²) < 4.78 is 34.1. The number of aromatic nitrogens is 2. The lowest BCUT2D eigenvalue weighted by Gasteiger charge is -2.26. The van der Waals surface area contributed by atoms with E-state index >= 15 is 0 Å². The van der Waals surface area contributed by atoms with Crippen LogP contribution in [0.5, 0.6) is 0 Å². The molecule has 1 aromatic heterocycles.